The van der Waals surface area contributed by atoms with Crippen LogP contribution in [0.25, 0.3) is 5.76 Å². The van der Waals surface area contributed by atoms with Crippen LogP contribution >= 0.6 is 11.3 Å². The number of nitrogens with zero attached hydrogens (tertiary/aromatic N) is 1. The second-order valence-corrected chi connectivity index (χ2v) is 9.70. The fourth-order valence-electron chi connectivity index (χ4n) is 4.86. The van der Waals surface area contributed by atoms with Gasteiger partial charge in [-0.25, -0.2) is 0 Å². The summed E-state index contributed by atoms with van der Waals surface area (Å²) in [4.78, 5) is 29.0. The number of amides is 1. The maximum atomic E-state index is 13.2. The normalized spacial score (nSPS) is 21.5. The molecule has 2 aromatic rings. The van der Waals surface area contributed by atoms with E-state index in [0.717, 1.165) is 47.4 Å². The minimum Gasteiger partial charge on any atom is -0.507 e. The average Bonchev–Trinajstić information content (AvgIpc) is 3.49. The van der Waals surface area contributed by atoms with Crippen LogP contribution < -0.4 is 4.74 Å². The highest BCUT2D eigenvalue weighted by atomic mass is 32.1. The third kappa shape index (κ3) is 3.67. The molecule has 0 spiro atoms. The summed E-state index contributed by atoms with van der Waals surface area (Å²) in [5.41, 5.74) is 2.53. The van der Waals surface area contributed by atoms with E-state index in [0.29, 0.717) is 5.56 Å². The van der Waals surface area contributed by atoms with Gasteiger partial charge in [-0.3, -0.25) is 9.59 Å². The first-order chi connectivity index (χ1) is 14.8. The molecule has 1 aromatic carbocycles. The first-order valence-electron chi connectivity index (χ1n) is 10.9. The number of Topliss-reactive ketones (excluding diaryl/α,β-unsaturated/α-hetero) is 1. The molecule has 6 heteroatoms. The smallest absolute Gasteiger partial charge is 0.295 e. The molecule has 1 atom stereocenters. The number of ketones is 1. The minimum atomic E-state index is -0.593. The van der Waals surface area contributed by atoms with Crippen LogP contribution in [-0.2, 0) is 9.59 Å². The molecule has 1 aliphatic heterocycles. The lowest BCUT2D eigenvalue weighted by Gasteiger charge is -2.30. The summed E-state index contributed by atoms with van der Waals surface area (Å²) in [6.07, 6.45) is 3.91. The van der Waals surface area contributed by atoms with Crippen LogP contribution in [0.2, 0.25) is 0 Å². The van der Waals surface area contributed by atoms with E-state index in [9.17, 15) is 14.7 Å². The minimum absolute atomic E-state index is 0.0389. The van der Waals surface area contributed by atoms with Gasteiger partial charge in [0, 0.05) is 16.5 Å². The Hall–Kier alpha value is -2.60. The van der Waals surface area contributed by atoms with Crippen LogP contribution in [-0.4, -0.2) is 34.8 Å². The second-order valence-electron chi connectivity index (χ2n) is 8.72. The predicted molar refractivity (Wildman–Crippen MR) is 123 cm³/mol. The van der Waals surface area contributed by atoms with Gasteiger partial charge in [0.25, 0.3) is 11.7 Å². The van der Waals surface area contributed by atoms with Gasteiger partial charge in [0.05, 0.1) is 18.7 Å². The Morgan fingerprint density at radius 1 is 1.23 bits per heavy atom. The van der Waals surface area contributed by atoms with Crippen molar-refractivity contribution in [1.82, 2.24) is 4.90 Å². The van der Waals surface area contributed by atoms with Crippen molar-refractivity contribution >= 4 is 28.8 Å². The number of likely N-dealkylation sites (tertiary alicyclic amines) is 1. The standard InChI is InChI=1S/C25H29NO4S/c1-14(2)17-13-18(15(3)12-19(17)30-4)23(27)21-22(20-10-7-11-31-20)26(25(29)24(21)28)16-8-5-6-9-16/h7,10-14,16,22,27H,5-6,8-9H2,1-4H3/b23-21+. The first kappa shape index (κ1) is 21.6. The molecule has 1 saturated carbocycles. The molecule has 0 bridgehead atoms. The largest absolute Gasteiger partial charge is 0.507 e. The summed E-state index contributed by atoms with van der Waals surface area (Å²) in [6.45, 7) is 6.00. The van der Waals surface area contributed by atoms with Crippen molar-refractivity contribution in [1.29, 1.82) is 0 Å². The zero-order valence-electron chi connectivity index (χ0n) is 18.5. The fraction of sp³-hybridized carbons (Fsp3) is 0.440. The summed E-state index contributed by atoms with van der Waals surface area (Å²) in [7, 11) is 1.63. The van der Waals surface area contributed by atoms with Gasteiger partial charge >= 0.3 is 0 Å². The highest BCUT2D eigenvalue weighted by Gasteiger charge is 2.49. The lowest BCUT2D eigenvalue weighted by molar-refractivity contribution is -0.141. The van der Waals surface area contributed by atoms with E-state index in [-0.39, 0.29) is 23.3 Å². The first-order valence-corrected chi connectivity index (χ1v) is 11.8. The summed E-state index contributed by atoms with van der Waals surface area (Å²) in [6, 6.07) is 7.14. The van der Waals surface area contributed by atoms with E-state index in [1.165, 1.54) is 11.3 Å². The molecule has 1 saturated heterocycles. The molecule has 164 valence electrons. The van der Waals surface area contributed by atoms with E-state index in [4.69, 9.17) is 4.74 Å². The monoisotopic (exact) mass is 439 g/mol. The molecule has 2 heterocycles. The number of methoxy groups -OCH3 is 1. The zero-order valence-corrected chi connectivity index (χ0v) is 19.3. The van der Waals surface area contributed by atoms with Crippen molar-refractivity contribution < 1.29 is 19.4 Å². The number of carbonyl (C=O) groups is 2. The van der Waals surface area contributed by atoms with Crippen LogP contribution in [0, 0.1) is 6.92 Å². The predicted octanol–water partition coefficient (Wildman–Crippen LogP) is 5.55. The average molecular weight is 440 g/mol. The Morgan fingerprint density at radius 3 is 2.52 bits per heavy atom. The third-order valence-corrected chi connectivity index (χ3v) is 7.39. The van der Waals surface area contributed by atoms with Crippen molar-refractivity contribution in [2.24, 2.45) is 0 Å². The molecule has 2 fully saturated rings. The molecule has 1 aromatic heterocycles. The molecule has 2 aliphatic rings. The number of thiophene rings is 1. The Bertz CT molecular complexity index is 1030. The number of aryl methyl sites for hydroxylation is 1. The van der Waals surface area contributed by atoms with Gasteiger partial charge in [0.15, 0.2) is 0 Å². The molecule has 5 nitrogen and oxygen atoms in total. The van der Waals surface area contributed by atoms with Crippen LogP contribution in [0.4, 0.5) is 0 Å². The molecule has 1 unspecified atom stereocenters. The molecule has 1 amide bonds. The Morgan fingerprint density at radius 2 is 1.94 bits per heavy atom. The molecule has 1 N–H and O–H groups in total. The lowest BCUT2D eigenvalue weighted by Crippen LogP contribution is -2.37. The molecule has 0 radical (unpaired) electrons. The summed E-state index contributed by atoms with van der Waals surface area (Å²) in [5, 5.41) is 13.4. The van der Waals surface area contributed by atoms with E-state index in [2.05, 4.69) is 13.8 Å². The van der Waals surface area contributed by atoms with Crippen LogP contribution in [0.15, 0.2) is 35.2 Å². The number of carbonyl (C=O) groups excluding carboxylic acids is 2. The third-order valence-electron chi connectivity index (χ3n) is 6.46. The van der Waals surface area contributed by atoms with E-state index in [1.54, 1.807) is 12.0 Å². The van der Waals surface area contributed by atoms with Crippen molar-refractivity contribution in [2.75, 3.05) is 7.11 Å². The summed E-state index contributed by atoms with van der Waals surface area (Å²) >= 11 is 1.51. The Labute approximate surface area is 187 Å². The van der Waals surface area contributed by atoms with Crippen LogP contribution in [0.3, 0.4) is 0 Å². The quantitative estimate of drug-likeness (QED) is 0.377. The maximum absolute atomic E-state index is 13.2. The second kappa shape index (κ2) is 8.50. The van der Waals surface area contributed by atoms with E-state index >= 15 is 0 Å². The van der Waals surface area contributed by atoms with E-state index in [1.807, 2.05) is 36.6 Å². The SMILES string of the molecule is COc1cc(C)c(/C(O)=C2\C(=O)C(=O)N(C3CCCC3)C2c2cccs2)cc1C(C)C. The Balaban J connectivity index is 1.90. The van der Waals surface area contributed by atoms with Crippen LogP contribution in [0.5, 0.6) is 5.75 Å². The van der Waals surface area contributed by atoms with Crippen molar-refractivity contribution in [3.63, 3.8) is 0 Å². The van der Waals surface area contributed by atoms with Gasteiger partial charge in [-0.1, -0.05) is 32.8 Å². The molecular weight excluding hydrogens is 410 g/mol. The molecule has 4 rings (SSSR count). The molecular formula is C25H29NO4S. The highest BCUT2D eigenvalue weighted by molar-refractivity contribution is 7.10. The van der Waals surface area contributed by atoms with Crippen molar-refractivity contribution in [2.45, 2.75) is 64.5 Å². The summed E-state index contributed by atoms with van der Waals surface area (Å²) in [5.74, 6) is -0.258. The number of aliphatic hydroxyl groups is 1. The number of ether oxygens (including phenoxy) is 1. The van der Waals surface area contributed by atoms with E-state index < -0.39 is 17.7 Å². The molecule has 31 heavy (non-hydrogen) atoms. The zero-order chi connectivity index (χ0) is 22.3. The molecule has 1 aliphatic carbocycles. The van der Waals surface area contributed by atoms with Gasteiger partial charge in [0.1, 0.15) is 11.5 Å². The van der Waals surface area contributed by atoms with Gasteiger partial charge < -0.3 is 14.7 Å². The maximum Gasteiger partial charge on any atom is 0.295 e. The Kier molecular flexibility index (Phi) is 5.93. The van der Waals surface area contributed by atoms with Gasteiger partial charge in [-0.15, -0.1) is 11.3 Å². The van der Waals surface area contributed by atoms with Gasteiger partial charge in [-0.05, 0) is 60.4 Å². The number of hydrogen-bond donors (Lipinski definition) is 1. The van der Waals surface area contributed by atoms with Gasteiger partial charge in [-0.2, -0.15) is 0 Å². The number of hydrogen-bond acceptors (Lipinski definition) is 5. The fourth-order valence-corrected chi connectivity index (χ4v) is 5.69. The highest BCUT2D eigenvalue weighted by Crippen LogP contribution is 2.45. The van der Waals surface area contributed by atoms with Crippen molar-refractivity contribution in [3.05, 3.63) is 56.8 Å². The summed E-state index contributed by atoms with van der Waals surface area (Å²) < 4.78 is 5.53. The number of rotatable bonds is 5. The number of benzene rings is 1. The van der Waals surface area contributed by atoms with Crippen LogP contribution in [0.1, 0.15) is 73.1 Å². The van der Waals surface area contributed by atoms with Gasteiger partial charge in [0.2, 0.25) is 0 Å². The lowest BCUT2D eigenvalue weighted by atomic mass is 9.92. The topological polar surface area (TPSA) is 66.8 Å². The number of aliphatic hydroxyl groups excluding tert-OH is 1. The van der Waals surface area contributed by atoms with Crippen molar-refractivity contribution in [3.8, 4) is 5.75 Å².